The smallest absolute Gasteiger partial charge is 0.267 e. The van der Waals surface area contributed by atoms with Gasteiger partial charge in [-0.1, -0.05) is 36.4 Å². The third-order valence-electron chi connectivity index (χ3n) is 4.48. The van der Waals surface area contributed by atoms with Crippen molar-refractivity contribution in [3.8, 4) is 5.69 Å². The molecule has 1 N–H and O–H groups in total. The summed E-state index contributed by atoms with van der Waals surface area (Å²) < 4.78 is 42.9. The summed E-state index contributed by atoms with van der Waals surface area (Å²) in [4.78, 5) is 12.5. The van der Waals surface area contributed by atoms with Gasteiger partial charge in [-0.15, -0.1) is 11.3 Å². The highest BCUT2D eigenvalue weighted by molar-refractivity contribution is 7.17. The van der Waals surface area contributed by atoms with Crippen LogP contribution in [0.5, 0.6) is 0 Å². The molecule has 4 rings (SSSR count). The molecule has 9 heteroatoms. The first-order valence-corrected chi connectivity index (χ1v) is 9.76. The Morgan fingerprint density at radius 1 is 1.07 bits per heavy atom. The number of para-hydroxylation sites is 1. The van der Waals surface area contributed by atoms with Gasteiger partial charge in [-0.3, -0.25) is 4.79 Å². The van der Waals surface area contributed by atoms with E-state index in [1.54, 1.807) is 25.1 Å². The lowest BCUT2D eigenvalue weighted by atomic mass is 10.1. The van der Waals surface area contributed by atoms with Gasteiger partial charge in [0.25, 0.3) is 5.91 Å². The van der Waals surface area contributed by atoms with Crippen molar-refractivity contribution in [2.45, 2.75) is 13.1 Å². The minimum Gasteiger partial charge on any atom is -0.267 e. The van der Waals surface area contributed by atoms with Gasteiger partial charge in [0.15, 0.2) is 5.69 Å². The second-order valence-electron chi connectivity index (χ2n) is 6.44. The summed E-state index contributed by atoms with van der Waals surface area (Å²) in [6.45, 7) is 1.69. The number of hydrazone groups is 1. The van der Waals surface area contributed by atoms with Crippen LogP contribution in [0.1, 0.15) is 28.5 Å². The van der Waals surface area contributed by atoms with Gasteiger partial charge >= 0.3 is 6.18 Å². The predicted octanol–water partition coefficient (Wildman–Crippen LogP) is 5.26. The SMILES string of the molecule is C/C(=N/NC(=O)c1cnn(-c2ccccc2)c1C(F)(F)F)c1csc2ccccc12. The molecule has 2 aromatic heterocycles. The van der Waals surface area contributed by atoms with Crippen LogP contribution in [0.4, 0.5) is 13.2 Å². The fraction of sp³-hybridized carbons (Fsp3) is 0.0952. The lowest BCUT2D eigenvalue weighted by molar-refractivity contribution is -0.143. The van der Waals surface area contributed by atoms with Crippen molar-refractivity contribution >= 4 is 33.0 Å². The Bertz CT molecular complexity index is 1240. The molecule has 0 fully saturated rings. The number of rotatable bonds is 4. The zero-order chi connectivity index (χ0) is 21.3. The van der Waals surface area contributed by atoms with E-state index in [-0.39, 0.29) is 5.69 Å². The normalized spacial score (nSPS) is 12.3. The van der Waals surface area contributed by atoms with Gasteiger partial charge in [-0.2, -0.15) is 23.4 Å². The maximum absolute atomic E-state index is 13.7. The minimum atomic E-state index is -4.78. The number of aromatic nitrogens is 2. The molecule has 0 unspecified atom stereocenters. The van der Waals surface area contributed by atoms with Crippen molar-refractivity contribution in [1.82, 2.24) is 15.2 Å². The molecule has 0 saturated heterocycles. The Kier molecular flexibility index (Phi) is 5.13. The largest absolute Gasteiger partial charge is 0.434 e. The van der Waals surface area contributed by atoms with E-state index in [1.807, 2.05) is 29.6 Å². The zero-order valence-electron chi connectivity index (χ0n) is 15.6. The van der Waals surface area contributed by atoms with E-state index in [1.165, 1.54) is 23.5 Å². The number of benzene rings is 2. The molecule has 0 aliphatic heterocycles. The quantitative estimate of drug-likeness (QED) is 0.356. The average Bonchev–Trinajstić information content (AvgIpc) is 3.37. The van der Waals surface area contributed by atoms with Crippen LogP contribution in [0.15, 0.2) is 71.3 Å². The molecule has 0 radical (unpaired) electrons. The summed E-state index contributed by atoms with van der Waals surface area (Å²) in [5.41, 5.74) is 1.98. The van der Waals surface area contributed by atoms with E-state index < -0.39 is 23.3 Å². The Morgan fingerprint density at radius 2 is 1.77 bits per heavy atom. The van der Waals surface area contributed by atoms with Crippen molar-refractivity contribution in [3.05, 3.63) is 83.0 Å². The molecule has 0 bridgehead atoms. The van der Waals surface area contributed by atoms with Crippen LogP contribution in [0.2, 0.25) is 0 Å². The van der Waals surface area contributed by atoms with E-state index in [0.29, 0.717) is 10.4 Å². The third kappa shape index (κ3) is 3.71. The van der Waals surface area contributed by atoms with Crippen LogP contribution < -0.4 is 5.43 Å². The number of amides is 1. The number of halogens is 3. The number of hydrogen-bond acceptors (Lipinski definition) is 4. The molecular formula is C21H15F3N4OS. The molecule has 0 aliphatic carbocycles. The van der Waals surface area contributed by atoms with Gasteiger partial charge in [-0.25, -0.2) is 10.1 Å². The number of carbonyl (C=O) groups is 1. The summed E-state index contributed by atoms with van der Waals surface area (Å²) in [5, 5.41) is 10.7. The van der Waals surface area contributed by atoms with E-state index in [2.05, 4.69) is 15.6 Å². The molecular weight excluding hydrogens is 413 g/mol. The monoisotopic (exact) mass is 428 g/mol. The molecule has 2 aromatic carbocycles. The van der Waals surface area contributed by atoms with Gasteiger partial charge in [0.1, 0.15) is 0 Å². The van der Waals surface area contributed by atoms with E-state index in [4.69, 9.17) is 0 Å². The van der Waals surface area contributed by atoms with E-state index in [9.17, 15) is 18.0 Å². The van der Waals surface area contributed by atoms with Crippen LogP contribution >= 0.6 is 11.3 Å². The molecule has 2 heterocycles. The number of alkyl halides is 3. The third-order valence-corrected chi connectivity index (χ3v) is 5.44. The molecule has 1 amide bonds. The number of nitrogens with zero attached hydrogens (tertiary/aromatic N) is 3. The Balaban J connectivity index is 1.65. The maximum Gasteiger partial charge on any atom is 0.434 e. The number of carbonyl (C=O) groups excluding carboxylic acids is 1. The number of nitrogens with one attached hydrogen (secondary N) is 1. The fourth-order valence-corrected chi connectivity index (χ4v) is 4.07. The highest BCUT2D eigenvalue weighted by atomic mass is 32.1. The Morgan fingerprint density at radius 3 is 2.50 bits per heavy atom. The molecule has 5 nitrogen and oxygen atoms in total. The molecule has 152 valence electrons. The van der Waals surface area contributed by atoms with Gasteiger partial charge in [0, 0.05) is 21.0 Å². The van der Waals surface area contributed by atoms with Crippen LogP contribution in [0.3, 0.4) is 0 Å². The summed E-state index contributed by atoms with van der Waals surface area (Å²) in [6.07, 6.45) is -3.88. The number of hydrogen-bond donors (Lipinski definition) is 1. The van der Waals surface area contributed by atoms with Gasteiger partial charge in [0.2, 0.25) is 0 Å². The second-order valence-corrected chi connectivity index (χ2v) is 7.35. The van der Waals surface area contributed by atoms with Gasteiger partial charge in [-0.05, 0) is 25.1 Å². The van der Waals surface area contributed by atoms with Crippen LogP contribution in [-0.2, 0) is 6.18 Å². The fourth-order valence-electron chi connectivity index (χ4n) is 3.07. The summed E-state index contributed by atoms with van der Waals surface area (Å²) in [6, 6.07) is 15.5. The predicted molar refractivity (Wildman–Crippen MR) is 110 cm³/mol. The van der Waals surface area contributed by atoms with Crippen molar-refractivity contribution < 1.29 is 18.0 Å². The van der Waals surface area contributed by atoms with Crippen molar-refractivity contribution in [3.63, 3.8) is 0 Å². The standard InChI is InChI=1S/C21H15F3N4OS/c1-13(17-12-30-18-10-6-5-9-15(17)18)26-27-20(29)16-11-25-28(19(16)21(22,23)24)14-7-3-2-4-8-14/h2-12H,1H3,(H,27,29)/b26-13-. The summed E-state index contributed by atoms with van der Waals surface area (Å²) in [7, 11) is 0. The number of fused-ring (bicyclic) bond motifs is 1. The molecule has 4 aromatic rings. The Hall–Kier alpha value is -3.46. The van der Waals surface area contributed by atoms with Crippen LogP contribution in [-0.4, -0.2) is 21.4 Å². The molecule has 0 spiro atoms. The second kappa shape index (κ2) is 7.75. The molecule has 0 atom stereocenters. The first-order chi connectivity index (χ1) is 14.4. The minimum absolute atomic E-state index is 0.202. The molecule has 0 aliphatic rings. The summed E-state index contributed by atoms with van der Waals surface area (Å²) in [5.74, 6) is -0.983. The lowest BCUT2D eigenvalue weighted by Gasteiger charge is -2.12. The van der Waals surface area contributed by atoms with Gasteiger partial charge in [0.05, 0.1) is 23.2 Å². The lowest BCUT2D eigenvalue weighted by Crippen LogP contribution is -2.24. The first kappa shape index (κ1) is 19.8. The summed E-state index contributed by atoms with van der Waals surface area (Å²) >= 11 is 1.52. The van der Waals surface area contributed by atoms with E-state index >= 15 is 0 Å². The highest BCUT2D eigenvalue weighted by Gasteiger charge is 2.40. The maximum atomic E-state index is 13.7. The van der Waals surface area contributed by atoms with Gasteiger partial charge < -0.3 is 0 Å². The molecule has 0 saturated carbocycles. The van der Waals surface area contributed by atoms with Crippen LogP contribution in [0, 0.1) is 0 Å². The zero-order valence-corrected chi connectivity index (χ0v) is 16.5. The average molecular weight is 428 g/mol. The topological polar surface area (TPSA) is 59.3 Å². The number of thiophene rings is 1. The molecule has 30 heavy (non-hydrogen) atoms. The Labute approximate surface area is 173 Å². The van der Waals surface area contributed by atoms with Crippen LogP contribution in [0.25, 0.3) is 15.8 Å². The first-order valence-electron chi connectivity index (χ1n) is 8.88. The van der Waals surface area contributed by atoms with Crippen molar-refractivity contribution in [2.75, 3.05) is 0 Å². The van der Waals surface area contributed by atoms with E-state index in [0.717, 1.165) is 21.8 Å². The van der Waals surface area contributed by atoms with Crippen molar-refractivity contribution in [2.24, 2.45) is 5.10 Å². The highest BCUT2D eigenvalue weighted by Crippen LogP contribution is 2.33. The van der Waals surface area contributed by atoms with Crippen molar-refractivity contribution in [1.29, 1.82) is 0 Å².